The lowest BCUT2D eigenvalue weighted by Gasteiger charge is -2.49. The Morgan fingerprint density at radius 3 is 0.913 bits per heavy atom. The van der Waals surface area contributed by atoms with Crippen molar-refractivity contribution in [2.24, 2.45) is 0 Å². The van der Waals surface area contributed by atoms with E-state index >= 15 is 0 Å². The lowest BCUT2D eigenvalue weighted by atomic mass is 9.32. The van der Waals surface area contributed by atoms with Crippen molar-refractivity contribution in [3.8, 4) is 0 Å². The molecule has 0 bridgehead atoms. The van der Waals surface area contributed by atoms with Crippen LogP contribution in [0.4, 0.5) is 34.1 Å². The number of rotatable bonds is 2. The summed E-state index contributed by atoms with van der Waals surface area (Å²) in [5.41, 5.74) is 26.7. The van der Waals surface area contributed by atoms with Gasteiger partial charge in [0.2, 0.25) is 0 Å². The summed E-state index contributed by atoms with van der Waals surface area (Å²) in [5.74, 6) is 0. The van der Waals surface area contributed by atoms with Gasteiger partial charge < -0.3 is 9.80 Å². The first-order chi connectivity index (χ1) is 31.8. The molecule has 0 unspecified atom stereocenters. The molecule has 0 radical (unpaired) electrons. The van der Waals surface area contributed by atoms with Crippen LogP contribution < -0.4 is 26.2 Å². The summed E-state index contributed by atoms with van der Waals surface area (Å²) in [7, 11) is 0. The Morgan fingerprint density at radius 2 is 0.609 bits per heavy atom. The van der Waals surface area contributed by atoms with E-state index in [-0.39, 0.29) is 55.4 Å². The molecule has 3 heteroatoms. The van der Waals surface area contributed by atoms with Crippen LogP contribution in [0.3, 0.4) is 0 Å². The van der Waals surface area contributed by atoms with Crippen molar-refractivity contribution in [3.63, 3.8) is 0 Å². The third-order valence-electron chi connectivity index (χ3n) is 20.1. The van der Waals surface area contributed by atoms with E-state index in [4.69, 9.17) is 0 Å². The third-order valence-corrected chi connectivity index (χ3v) is 20.1. The lowest BCUT2D eigenvalue weighted by Crippen LogP contribution is -2.62. The fourth-order valence-corrected chi connectivity index (χ4v) is 14.5. The van der Waals surface area contributed by atoms with Crippen molar-refractivity contribution >= 4 is 57.2 Å². The van der Waals surface area contributed by atoms with E-state index in [1.54, 1.807) is 11.1 Å². The number of benzene rings is 5. The maximum Gasteiger partial charge on any atom is 0.252 e. The number of nitrogens with zero attached hydrogens (tertiary/aromatic N) is 2. The van der Waals surface area contributed by atoms with Crippen LogP contribution in [0.15, 0.2) is 72.8 Å². The molecule has 0 spiro atoms. The highest BCUT2D eigenvalue weighted by Gasteiger charge is 2.50. The van der Waals surface area contributed by atoms with Crippen LogP contribution in [0.1, 0.15) is 233 Å². The summed E-state index contributed by atoms with van der Waals surface area (Å²) in [5, 5.41) is 0. The molecule has 0 saturated heterocycles. The molecule has 6 aliphatic rings. The molecule has 5 aromatic carbocycles. The molecule has 2 nitrogen and oxygen atoms in total. The minimum atomic E-state index is -0.0909. The van der Waals surface area contributed by atoms with Gasteiger partial charge in [-0.25, -0.2) is 0 Å². The second kappa shape index (κ2) is 14.3. The molecule has 0 saturated carbocycles. The molecule has 362 valence electrons. The van der Waals surface area contributed by atoms with E-state index in [2.05, 4.69) is 214 Å². The molecule has 0 aromatic heterocycles. The van der Waals surface area contributed by atoms with Crippen molar-refractivity contribution in [1.82, 2.24) is 0 Å². The van der Waals surface area contributed by atoms with E-state index < -0.39 is 0 Å². The molecule has 5 aromatic rings. The Morgan fingerprint density at radius 1 is 0.333 bits per heavy atom. The van der Waals surface area contributed by atoms with Gasteiger partial charge >= 0.3 is 0 Å². The van der Waals surface area contributed by atoms with Crippen LogP contribution in [-0.2, 0) is 48.7 Å². The van der Waals surface area contributed by atoms with E-state index in [9.17, 15) is 0 Å². The van der Waals surface area contributed by atoms with E-state index in [0.29, 0.717) is 0 Å². The number of hydrogen-bond donors (Lipinski definition) is 0. The number of fused-ring (bicyclic) bond motifs is 8. The normalized spacial score (nSPS) is 23.1. The summed E-state index contributed by atoms with van der Waals surface area (Å²) >= 11 is 0. The van der Waals surface area contributed by atoms with Gasteiger partial charge in [0, 0.05) is 34.1 Å². The van der Waals surface area contributed by atoms with Gasteiger partial charge in [0.1, 0.15) is 0 Å². The molecule has 69 heavy (non-hydrogen) atoms. The van der Waals surface area contributed by atoms with E-state index in [0.717, 1.165) is 0 Å². The first-order valence-corrected chi connectivity index (χ1v) is 27.2. The Labute approximate surface area is 419 Å². The van der Waals surface area contributed by atoms with Crippen molar-refractivity contribution in [3.05, 3.63) is 123 Å². The van der Waals surface area contributed by atoms with Crippen LogP contribution in [0.5, 0.6) is 0 Å². The Balaban J connectivity index is 1.30. The van der Waals surface area contributed by atoms with Crippen LogP contribution in [0.2, 0.25) is 0 Å². The van der Waals surface area contributed by atoms with Gasteiger partial charge in [0.25, 0.3) is 6.71 Å². The van der Waals surface area contributed by atoms with Gasteiger partial charge in [-0.2, -0.15) is 0 Å². The maximum atomic E-state index is 2.77. The number of anilines is 6. The first kappa shape index (κ1) is 47.1. The SMILES string of the molecule is CC(C)(C)c1cc2c3c(c1)N(c1ccc4c(c1)C(C)(C)CCC4(C)C)c1cc4c(cc1B3c1cc3c(cc1N2c1ccc2c(c1)C(C)(C)CCC2(C)C)C(C)(C)CCC3(C)C)C(C)(C)CCC4(C)C. The predicted molar refractivity (Wildman–Crippen MR) is 300 cm³/mol. The molecule has 0 atom stereocenters. The summed E-state index contributed by atoms with van der Waals surface area (Å²) in [6, 6.07) is 31.5. The largest absolute Gasteiger partial charge is 0.311 e. The Kier molecular flexibility index (Phi) is 9.73. The third kappa shape index (κ3) is 6.90. The molecule has 2 heterocycles. The van der Waals surface area contributed by atoms with Crippen molar-refractivity contribution in [2.45, 2.75) is 232 Å². The second-order valence-electron chi connectivity index (χ2n) is 29.7. The highest BCUT2D eigenvalue weighted by Crippen LogP contribution is 2.56. The smallest absolute Gasteiger partial charge is 0.252 e. The second-order valence-corrected chi connectivity index (χ2v) is 29.7. The van der Waals surface area contributed by atoms with Gasteiger partial charge in [0.05, 0.1) is 0 Å². The summed E-state index contributed by atoms with van der Waals surface area (Å²) in [6.07, 6.45) is 9.58. The fourth-order valence-electron chi connectivity index (χ4n) is 14.5. The summed E-state index contributed by atoms with van der Waals surface area (Å²) < 4.78 is 0. The average molecular weight is 917 g/mol. The Hall–Kier alpha value is -4.24. The minimum Gasteiger partial charge on any atom is -0.311 e. The highest BCUT2D eigenvalue weighted by atomic mass is 15.2. The summed E-state index contributed by atoms with van der Waals surface area (Å²) in [6.45, 7) is 47.3. The van der Waals surface area contributed by atoms with Crippen molar-refractivity contribution < 1.29 is 0 Å². The molecular weight excluding hydrogens is 832 g/mol. The van der Waals surface area contributed by atoms with Gasteiger partial charge in [-0.3, -0.25) is 0 Å². The highest BCUT2D eigenvalue weighted by molar-refractivity contribution is 7.00. The van der Waals surface area contributed by atoms with Gasteiger partial charge in [-0.15, -0.1) is 0 Å². The zero-order chi connectivity index (χ0) is 49.8. The van der Waals surface area contributed by atoms with Gasteiger partial charge in [-0.05, 0) is 215 Å². The van der Waals surface area contributed by atoms with Crippen LogP contribution in [0, 0.1) is 0 Å². The van der Waals surface area contributed by atoms with Crippen molar-refractivity contribution in [2.75, 3.05) is 9.80 Å². The van der Waals surface area contributed by atoms with E-state index in [1.807, 2.05) is 0 Å². The molecule has 0 fully saturated rings. The maximum absolute atomic E-state index is 2.77. The predicted octanol–water partition coefficient (Wildman–Crippen LogP) is 16.5. The number of hydrogen-bond acceptors (Lipinski definition) is 2. The quantitative estimate of drug-likeness (QED) is 0.159. The minimum absolute atomic E-state index is 0.0663. The zero-order valence-electron chi connectivity index (χ0n) is 46.6. The topological polar surface area (TPSA) is 6.48 Å². The van der Waals surface area contributed by atoms with Crippen molar-refractivity contribution in [1.29, 1.82) is 0 Å². The zero-order valence-corrected chi connectivity index (χ0v) is 46.6. The van der Waals surface area contributed by atoms with Gasteiger partial charge in [-0.1, -0.05) is 156 Å². The molecule has 4 aliphatic carbocycles. The molecule has 0 N–H and O–H groups in total. The van der Waals surface area contributed by atoms with Crippen LogP contribution in [-0.4, -0.2) is 6.71 Å². The molecule has 2 aliphatic heterocycles. The lowest BCUT2D eigenvalue weighted by molar-refractivity contribution is 0.332. The fraction of sp³-hybridized carbons (Fsp3) is 0.545. The van der Waals surface area contributed by atoms with Gasteiger partial charge in [0.15, 0.2) is 0 Å². The Bertz CT molecular complexity index is 2820. The molecule has 0 amide bonds. The van der Waals surface area contributed by atoms with Crippen LogP contribution >= 0.6 is 0 Å². The first-order valence-electron chi connectivity index (χ1n) is 27.2. The van der Waals surface area contributed by atoms with E-state index in [1.165, 1.54) is 141 Å². The molecular formula is C66H85BN2. The van der Waals surface area contributed by atoms with Crippen LogP contribution in [0.25, 0.3) is 0 Å². The summed E-state index contributed by atoms with van der Waals surface area (Å²) in [4.78, 5) is 5.53. The standard InChI is InChI=1S/C66H85BN2/c1-58(2,3)40-32-55-57-56(33-40)69(42-21-23-44-46(35-42)62(10,11)27-25-60(44,6)7)54-39-50-48(64(14,15)29-31-66(50,18)19)37-52(54)67(57)51-36-47-49(65(16,17)30-28-63(47,12)13)38-53(51)68(55)41-20-22-43-45(34-41)61(8,9)26-24-59(43,4)5/h20-23,32-39H,24-31H2,1-19H3. The molecule has 11 rings (SSSR count). The average Bonchev–Trinajstić information content (AvgIpc) is 3.26. The monoisotopic (exact) mass is 917 g/mol.